The normalized spacial score (nSPS) is 10.5. The highest BCUT2D eigenvalue weighted by Gasteiger charge is 1.99. The Morgan fingerprint density at radius 2 is 2.20 bits per heavy atom. The van der Waals surface area contributed by atoms with Crippen LogP contribution in [0.5, 0.6) is 5.75 Å². The molecule has 0 atom stereocenters. The second kappa shape index (κ2) is 6.37. The average molecular weight is 213 g/mol. The van der Waals surface area contributed by atoms with Gasteiger partial charge < -0.3 is 15.2 Å². The summed E-state index contributed by atoms with van der Waals surface area (Å²) < 4.78 is 17.7. The lowest BCUT2D eigenvalue weighted by atomic mass is 10.2. The Labute approximate surface area is 88.9 Å². The van der Waals surface area contributed by atoms with Crippen molar-refractivity contribution in [3.05, 3.63) is 29.6 Å². The maximum Gasteiger partial charge on any atom is 0.127 e. The van der Waals surface area contributed by atoms with Gasteiger partial charge in [0.2, 0.25) is 0 Å². The lowest BCUT2D eigenvalue weighted by Crippen LogP contribution is -2.16. The fourth-order valence-corrected chi connectivity index (χ4v) is 1.31. The maximum absolute atomic E-state index is 12.9. The molecule has 0 amide bonds. The first-order valence-electron chi connectivity index (χ1n) is 4.90. The molecule has 4 heteroatoms. The number of nitrogens with one attached hydrogen (secondary N) is 1. The van der Waals surface area contributed by atoms with Crippen molar-refractivity contribution in [2.45, 2.75) is 13.0 Å². The zero-order valence-corrected chi connectivity index (χ0v) is 8.79. The van der Waals surface area contributed by atoms with E-state index in [4.69, 9.17) is 9.84 Å². The van der Waals surface area contributed by atoms with Gasteiger partial charge >= 0.3 is 0 Å². The molecule has 2 N–H and O–H groups in total. The molecule has 0 heterocycles. The van der Waals surface area contributed by atoms with Crippen LogP contribution in [0.3, 0.4) is 0 Å². The Morgan fingerprint density at radius 1 is 1.40 bits per heavy atom. The van der Waals surface area contributed by atoms with Crippen LogP contribution in [0.15, 0.2) is 18.2 Å². The molecule has 0 spiro atoms. The first kappa shape index (κ1) is 11.9. The topological polar surface area (TPSA) is 41.5 Å². The number of hydrogen-bond donors (Lipinski definition) is 2. The minimum absolute atomic E-state index is 0.0382. The Hall–Kier alpha value is -1.13. The molecule has 0 aliphatic heterocycles. The van der Waals surface area contributed by atoms with Crippen molar-refractivity contribution in [1.82, 2.24) is 5.32 Å². The number of rotatable bonds is 6. The fraction of sp³-hybridized carbons (Fsp3) is 0.455. The minimum Gasteiger partial charge on any atom is -0.508 e. The molecule has 0 fully saturated rings. The van der Waals surface area contributed by atoms with E-state index < -0.39 is 5.82 Å². The predicted molar refractivity (Wildman–Crippen MR) is 56.3 cm³/mol. The first-order valence-corrected chi connectivity index (χ1v) is 4.90. The molecule has 0 saturated carbocycles. The number of phenols is 1. The van der Waals surface area contributed by atoms with Gasteiger partial charge in [0.25, 0.3) is 0 Å². The van der Waals surface area contributed by atoms with Crippen molar-refractivity contribution in [2.24, 2.45) is 0 Å². The van der Waals surface area contributed by atoms with E-state index in [1.54, 1.807) is 13.2 Å². The van der Waals surface area contributed by atoms with Crippen molar-refractivity contribution < 1.29 is 14.2 Å². The number of benzene rings is 1. The summed E-state index contributed by atoms with van der Waals surface area (Å²) in [6.45, 7) is 2.07. The van der Waals surface area contributed by atoms with E-state index in [1.165, 1.54) is 6.07 Å². The van der Waals surface area contributed by atoms with Gasteiger partial charge in [0.1, 0.15) is 11.6 Å². The second-order valence-electron chi connectivity index (χ2n) is 3.34. The largest absolute Gasteiger partial charge is 0.508 e. The van der Waals surface area contributed by atoms with Crippen LogP contribution >= 0.6 is 0 Å². The zero-order valence-electron chi connectivity index (χ0n) is 8.79. The van der Waals surface area contributed by atoms with Crippen molar-refractivity contribution in [3.8, 4) is 5.75 Å². The summed E-state index contributed by atoms with van der Waals surface area (Å²) in [4.78, 5) is 0. The molecule has 0 unspecified atom stereocenters. The Kier molecular flexibility index (Phi) is 5.07. The van der Waals surface area contributed by atoms with Crippen LogP contribution in [0.1, 0.15) is 12.0 Å². The maximum atomic E-state index is 12.9. The molecule has 0 aliphatic rings. The Morgan fingerprint density at radius 3 is 2.87 bits per heavy atom. The number of aromatic hydroxyl groups is 1. The molecular weight excluding hydrogens is 197 g/mol. The lowest BCUT2D eigenvalue weighted by molar-refractivity contribution is 0.194. The van der Waals surface area contributed by atoms with Crippen LogP contribution < -0.4 is 5.32 Å². The quantitative estimate of drug-likeness (QED) is 0.706. The standard InChI is InChI=1S/C11H16FNO2/c1-15-4-2-3-13-8-9-5-10(12)7-11(14)6-9/h5-7,13-14H,2-4,8H2,1H3. The molecular formula is C11H16FNO2. The van der Waals surface area contributed by atoms with Gasteiger partial charge in [-0.3, -0.25) is 0 Å². The number of phenolic OH excluding ortho intramolecular Hbond substituents is 1. The highest BCUT2D eigenvalue weighted by molar-refractivity contribution is 5.28. The third-order valence-electron chi connectivity index (χ3n) is 1.97. The Balaban J connectivity index is 2.31. The summed E-state index contributed by atoms with van der Waals surface area (Å²) >= 11 is 0. The molecule has 0 saturated heterocycles. The van der Waals surface area contributed by atoms with Gasteiger partial charge in [0.05, 0.1) is 0 Å². The van der Waals surface area contributed by atoms with E-state index >= 15 is 0 Å². The molecule has 3 nitrogen and oxygen atoms in total. The molecule has 0 bridgehead atoms. The lowest BCUT2D eigenvalue weighted by Gasteiger charge is -2.05. The van der Waals surface area contributed by atoms with Gasteiger partial charge in [-0.05, 0) is 30.7 Å². The van der Waals surface area contributed by atoms with E-state index in [1.807, 2.05) is 0 Å². The molecule has 84 valence electrons. The van der Waals surface area contributed by atoms with Crippen LogP contribution in [0, 0.1) is 5.82 Å². The number of hydrogen-bond acceptors (Lipinski definition) is 3. The van der Waals surface area contributed by atoms with Crippen molar-refractivity contribution in [3.63, 3.8) is 0 Å². The third-order valence-corrected chi connectivity index (χ3v) is 1.97. The van der Waals surface area contributed by atoms with Crippen LogP contribution in [-0.2, 0) is 11.3 Å². The summed E-state index contributed by atoms with van der Waals surface area (Å²) in [5, 5.41) is 12.3. The highest BCUT2D eigenvalue weighted by atomic mass is 19.1. The fourth-order valence-electron chi connectivity index (χ4n) is 1.31. The molecule has 0 radical (unpaired) electrons. The summed E-state index contributed by atoms with van der Waals surface area (Å²) in [6.07, 6.45) is 0.914. The predicted octanol–water partition coefficient (Wildman–Crippen LogP) is 1.66. The summed E-state index contributed by atoms with van der Waals surface area (Å²) in [7, 11) is 1.66. The Bertz CT molecular complexity index is 284. The molecule has 1 aromatic rings. The molecule has 0 aliphatic carbocycles. The smallest absolute Gasteiger partial charge is 0.127 e. The van der Waals surface area contributed by atoms with E-state index in [2.05, 4.69) is 5.32 Å². The van der Waals surface area contributed by atoms with Gasteiger partial charge in [0.15, 0.2) is 0 Å². The second-order valence-corrected chi connectivity index (χ2v) is 3.34. The number of methoxy groups -OCH3 is 1. The minimum atomic E-state index is -0.413. The summed E-state index contributed by atoms with van der Waals surface area (Å²) in [5.41, 5.74) is 0.741. The van der Waals surface area contributed by atoms with E-state index in [0.29, 0.717) is 13.2 Å². The molecule has 1 rings (SSSR count). The van der Waals surface area contributed by atoms with Crippen molar-refractivity contribution in [2.75, 3.05) is 20.3 Å². The van der Waals surface area contributed by atoms with Crippen LogP contribution in [0.2, 0.25) is 0 Å². The molecule has 15 heavy (non-hydrogen) atoms. The van der Waals surface area contributed by atoms with Crippen LogP contribution in [-0.4, -0.2) is 25.4 Å². The first-order chi connectivity index (χ1) is 7.22. The average Bonchev–Trinajstić information content (AvgIpc) is 2.16. The molecule has 1 aromatic carbocycles. The highest BCUT2D eigenvalue weighted by Crippen LogP contribution is 2.14. The van der Waals surface area contributed by atoms with E-state index in [-0.39, 0.29) is 5.75 Å². The van der Waals surface area contributed by atoms with Gasteiger partial charge in [-0.2, -0.15) is 0 Å². The van der Waals surface area contributed by atoms with Crippen molar-refractivity contribution >= 4 is 0 Å². The van der Waals surface area contributed by atoms with E-state index in [0.717, 1.165) is 24.6 Å². The summed E-state index contributed by atoms with van der Waals surface area (Å²) in [6, 6.07) is 4.05. The zero-order chi connectivity index (χ0) is 11.1. The van der Waals surface area contributed by atoms with Crippen molar-refractivity contribution in [1.29, 1.82) is 0 Å². The van der Waals surface area contributed by atoms with Crippen LogP contribution in [0.25, 0.3) is 0 Å². The SMILES string of the molecule is COCCCNCc1cc(O)cc(F)c1. The summed E-state index contributed by atoms with van der Waals surface area (Å²) in [5.74, 6) is -0.451. The molecule has 0 aromatic heterocycles. The third kappa shape index (κ3) is 4.76. The van der Waals surface area contributed by atoms with Gasteiger partial charge in [-0.1, -0.05) is 0 Å². The van der Waals surface area contributed by atoms with Gasteiger partial charge in [-0.15, -0.1) is 0 Å². The van der Waals surface area contributed by atoms with Gasteiger partial charge in [-0.25, -0.2) is 4.39 Å². The van der Waals surface area contributed by atoms with Gasteiger partial charge in [0, 0.05) is 26.3 Å². The van der Waals surface area contributed by atoms with Crippen LogP contribution in [0.4, 0.5) is 4.39 Å². The number of halogens is 1. The number of ether oxygens (including phenoxy) is 1. The van der Waals surface area contributed by atoms with E-state index in [9.17, 15) is 4.39 Å². The monoisotopic (exact) mass is 213 g/mol.